The molecule has 0 bridgehead atoms. The number of hydrogen-bond donors (Lipinski definition) is 1. The van der Waals surface area contributed by atoms with Crippen LogP contribution in [-0.4, -0.2) is 23.2 Å². The lowest BCUT2D eigenvalue weighted by molar-refractivity contribution is -0.116. The van der Waals surface area contributed by atoms with Crippen molar-refractivity contribution < 1.29 is 14.1 Å². The third kappa shape index (κ3) is 4.23. The van der Waals surface area contributed by atoms with E-state index in [9.17, 15) is 4.79 Å². The summed E-state index contributed by atoms with van der Waals surface area (Å²) in [5, 5.41) is 6.67. The summed E-state index contributed by atoms with van der Waals surface area (Å²) in [6.07, 6.45) is 0.975. The molecule has 0 spiro atoms. The normalized spacial score (nSPS) is 10.5. The molecule has 1 heterocycles. The fourth-order valence-corrected chi connectivity index (χ4v) is 2.53. The molecule has 0 saturated heterocycles. The van der Waals surface area contributed by atoms with E-state index in [0.717, 1.165) is 16.9 Å². The molecule has 1 amide bonds. The smallest absolute Gasteiger partial charge is 0.257 e. The van der Waals surface area contributed by atoms with Crippen molar-refractivity contribution in [3.8, 4) is 17.2 Å². The topological polar surface area (TPSA) is 77.2 Å². The van der Waals surface area contributed by atoms with Crippen LogP contribution in [0.5, 0.6) is 5.75 Å². The molecule has 0 aliphatic carbocycles. The molecule has 0 radical (unpaired) electrons. The molecule has 128 valence electrons. The fraction of sp³-hybridized carbons (Fsp3) is 0.211. The first-order valence-electron chi connectivity index (χ1n) is 7.98. The number of amides is 1. The van der Waals surface area contributed by atoms with Crippen LogP contribution < -0.4 is 10.1 Å². The Labute approximate surface area is 145 Å². The van der Waals surface area contributed by atoms with E-state index in [0.29, 0.717) is 30.2 Å². The number of carbonyl (C=O) groups excluding carboxylic acids is 1. The van der Waals surface area contributed by atoms with E-state index in [2.05, 4.69) is 15.5 Å². The van der Waals surface area contributed by atoms with Gasteiger partial charge in [0.15, 0.2) is 5.82 Å². The highest BCUT2D eigenvalue weighted by Gasteiger charge is 2.09. The van der Waals surface area contributed by atoms with Gasteiger partial charge < -0.3 is 14.6 Å². The Kier molecular flexibility index (Phi) is 5.09. The van der Waals surface area contributed by atoms with E-state index in [-0.39, 0.29) is 5.91 Å². The quantitative estimate of drug-likeness (QED) is 0.743. The zero-order valence-electron chi connectivity index (χ0n) is 14.2. The van der Waals surface area contributed by atoms with Crippen molar-refractivity contribution in [2.75, 3.05) is 12.4 Å². The second-order valence-electron chi connectivity index (χ2n) is 5.59. The third-order valence-electron chi connectivity index (χ3n) is 3.73. The zero-order chi connectivity index (χ0) is 17.6. The summed E-state index contributed by atoms with van der Waals surface area (Å²) >= 11 is 0. The van der Waals surface area contributed by atoms with E-state index in [1.54, 1.807) is 14.0 Å². The van der Waals surface area contributed by atoms with Crippen molar-refractivity contribution in [1.82, 2.24) is 10.1 Å². The number of aryl methyl sites for hydroxylation is 2. The predicted molar refractivity (Wildman–Crippen MR) is 94.4 cm³/mol. The average molecular weight is 337 g/mol. The maximum atomic E-state index is 12.2. The summed E-state index contributed by atoms with van der Waals surface area (Å²) in [6, 6.07) is 15.0. The van der Waals surface area contributed by atoms with E-state index < -0.39 is 0 Å². The first-order valence-corrected chi connectivity index (χ1v) is 7.98. The molecule has 3 rings (SSSR count). The van der Waals surface area contributed by atoms with E-state index in [4.69, 9.17) is 9.26 Å². The van der Waals surface area contributed by atoms with Gasteiger partial charge in [0.05, 0.1) is 7.11 Å². The lowest BCUT2D eigenvalue weighted by Crippen LogP contribution is -2.12. The first kappa shape index (κ1) is 16.7. The summed E-state index contributed by atoms with van der Waals surface area (Å²) in [4.78, 5) is 16.4. The minimum Gasteiger partial charge on any atom is -0.496 e. The number of rotatable bonds is 6. The molecule has 6 heteroatoms. The number of ether oxygens (including phenoxy) is 1. The van der Waals surface area contributed by atoms with E-state index >= 15 is 0 Å². The molecule has 25 heavy (non-hydrogen) atoms. The standard InChI is InChI=1S/C19H19N3O3/c1-13-20-19(25-22-13)15-7-5-8-16(12-15)21-18(23)11-10-14-6-3-4-9-17(14)24-2/h3-9,12H,10-11H2,1-2H3,(H,21,23). The van der Waals surface area contributed by atoms with Gasteiger partial charge in [0.1, 0.15) is 5.75 Å². The van der Waals surface area contributed by atoms with Gasteiger partial charge in [-0.1, -0.05) is 29.4 Å². The Morgan fingerprint density at radius 3 is 2.80 bits per heavy atom. The number of methoxy groups -OCH3 is 1. The average Bonchev–Trinajstić information content (AvgIpc) is 3.07. The third-order valence-corrected chi connectivity index (χ3v) is 3.73. The van der Waals surface area contributed by atoms with Gasteiger partial charge in [0, 0.05) is 17.7 Å². The minimum atomic E-state index is -0.0650. The molecular formula is C19H19N3O3. The molecule has 1 N–H and O–H groups in total. The Balaban J connectivity index is 1.63. The highest BCUT2D eigenvalue weighted by Crippen LogP contribution is 2.22. The molecule has 0 unspecified atom stereocenters. The number of anilines is 1. The van der Waals surface area contributed by atoms with Gasteiger partial charge in [-0.15, -0.1) is 0 Å². The van der Waals surface area contributed by atoms with Gasteiger partial charge in [0.2, 0.25) is 5.91 Å². The summed E-state index contributed by atoms with van der Waals surface area (Å²) in [5.74, 6) is 1.73. The summed E-state index contributed by atoms with van der Waals surface area (Å²) < 4.78 is 10.5. The van der Waals surface area contributed by atoms with Crippen molar-refractivity contribution >= 4 is 11.6 Å². The number of benzene rings is 2. The van der Waals surface area contributed by atoms with Crippen LogP contribution in [0.15, 0.2) is 53.1 Å². The molecule has 0 atom stereocenters. The van der Waals surface area contributed by atoms with Crippen LogP contribution in [0.25, 0.3) is 11.5 Å². The number of hydrogen-bond acceptors (Lipinski definition) is 5. The molecule has 2 aromatic carbocycles. The molecule has 0 aliphatic rings. The minimum absolute atomic E-state index is 0.0650. The molecule has 1 aromatic heterocycles. The summed E-state index contributed by atoms with van der Waals surface area (Å²) in [7, 11) is 1.63. The van der Waals surface area contributed by atoms with Crippen molar-refractivity contribution in [3.05, 3.63) is 59.9 Å². The van der Waals surface area contributed by atoms with Crippen LogP contribution in [0.4, 0.5) is 5.69 Å². The first-order chi connectivity index (χ1) is 12.2. The largest absolute Gasteiger partial charge is 0.496 e. The van der Waals surface area contributed by atoms with E-state index in [1.807, 2.05) is 48.5 Å². The number of nitrogens with one attached hydrogen (secondary N) is 1. The zero-order valence-corrected chi connectivity index (χ0v) is 14.2. The van der Waals surface area contributed by atoms with Crippen LogP contribution in [-0.2, 0) is 11.2 Å². The van der Waals surface area contributed by atoms with E-state index in [1.165, 1.54) is 0 Å². The number of carbonyl (C=O) groups is 1. The number of aromatic nitrogens is 2. The predicted octanol–water partition coefficient (Wildman–Crippen LogP) is 3.62. The number of para-hydroxylation sites is 1. The highest BCUT2D eigenvalue weighted by molar-refractivity contribution is 5.91. The van der Waals surface area contributed by atoms with Gasteiger partial charge >= 0.3 is 0 Å². The second-order valence-corrected chi connectivity index (χ2v) is 5.59. The maximum Gasteiger partial charge on any atom is 0.257 e. The van der Waals surface area contributed by atoms with Gasteiger partial charge in [0.25, 0.3) is 5.89 Å². The Bertz CT molecular complexity index is 874. The van der Waals surface area contributed by atoms with Crippen molar-refractivity contribution in [2.24, 2.45) is 0 Å². The molecule has 3 aromatic rings. The molecule has 0 aliphatic heterocycles. The number of nitrogens with zero attached hydrogens (tertiary/aromatic N) is 2. The Morgan fingerprint density at radius 2 is 2.04 bits per heavy atom. The van der Waals surface area contributed by atoms with Gasteiger partial charge in [-0.2, -0.15) is 4.98 Å². The Hall–Kier alpha value is -3.15. The van der Waals surface area contributed by atoms with Gasteiger partial charge in [-0.05, 0) is 43.2 Å². The van der Waals surface area contributed by atoms with Gasteiger partial charge in [-0.25, -0.2) is 0 Å². The molecule has 0 saturated carbocycles. The Morgan fingerprint density at radius 1 is 1.20 bits per heavy atom. The monoisotopic (exact) mass is 337 g/mol. The SMILES string of the molecule is COc1ccccc1CCC(=O)Nc1cccc(-c2nc(C)no2)c1. The van der Waals surface area contributed by atoms with Crippen LogP contribution >= 0.6 is 0 Å². The van der Waals surface area contributed by atoms with Crippen LogP contribution in [0.1, 0.15) is 17.8 Å². The van der Waals surface area contributed by atoms with Crippen molar-refractivity contribution in [3.63, 3.8) is 0 Å². The molecule has 6 nitrogen and oxygen atoms in total. The lowest BCUT2D eigenvalue weighted by Gasteiger charge is -2.09. The van der Waals surface area contributed by atoms with Crippen molar-refractivity contribution in [2.45, 2.75) is 19.8 Å². The molecule has 0 fully saturated rings. The second kappa shape index (κ2) is 7.61. The summed E-state index contributed by atoms with van der Waals surface area (Å²) in [6.45, 7) is 1.76. The van der Waals surface area contributed by atoms with Crippen LogP contribution in [0.3, 0.4) is 0 Å². The molecular weight excluding hydrogens is 318 g/mol. The van der Waals surface area contributed by atoms with Crippen molar-refractivity contribution in [1.29, 1.82) is 0 Å². The van der Waals surface area contributed by atoms with Gasteiger partial charge in [-0.3, -0.25) is 4.79 Å². The fourth-order valence-electron chi connectivity index (χ4n) is 2.53. The summed E-state index contributed by atoms with van der Waals surface area (Å²) in [5.41, 5.74) is 2.47. The maximum absolute atomic E-state index is 12.2. The van der Waals surface area contributed by atoms with Crippen LogP contribution in [0, 0.1) is 6.92 Å². The van der Waals surface area contributed by atoms with Crippen LogP contribution in [0.2, 0.25) is 0 Å². The lowest BCUT2D eigenvalue weighted by atomic mass is 10.1. The highest BCUT2D eigenvalue weighted by atomic mass is 16.5.